The Labute approximate surface area is 196 Å². The van der Waals surface area contributed by atoms with Crippen LogP contribution in [-0.2, 0) is 19.1 Å². The van der Waals surface area contributed by atoms with Crippen LogP contribution in [0.1, 0.15) is 104 Å². The third-order valence-corrected chi connectivity index (χ3v) is 7.99. The Morgan fingerprint density at radius 1 is 0.812 bits per heavy atom. The largest absolute Gasteiger partial charge is 0.462 e. The molecule has 2 rings (SSSR count). The topological polar surface area (TPSA) is 52.6 Å². The second-order valence-electron chi connectivity index (χ2n) is 10.6. The summed E-state index contributed by atoms with van der Waals surface area (Å²) in [6.07, 6.45) is 16.1. The zero-order valence-electron chi connectivity index (χ0n) is 20.9. The van der Waals surface area contributed by atoms with E-state index in [2.05, 4.69) is 20.1 Å². The summed E-state index contributed by atoms with van der Waals surface area (Å²) in [4.78, 5) is 23.5. The van der Waals surface area contributed by atoms with Crippen molar-refractivity contribution in [3.63, 3.8) is 0 Å². The highest BCUT2D eigenvalue weighted by Crippen LogP contribution is 2.49. The van der Waals surface area contributed by atoms with Crippen LogP contribution in [0.25, 0.3) is 0 Å². The molecule has 0 atom stereocenters. The van der Waals surface area contributed by atoms with E-state index in [9.17, 15) is 9.59 Å². The number of rotatable bonds is 12. The van der Waals surface area contributed by atoms with Crippen molar-refractivity contribution in [2.24, 2.45) is 23.2 Å². The molecular weight excluding hydrogens is 400 g/mol. The molecule has 4 nitrogen and oxygen atoms in total. The lowest BCUT2D eigenvalue weighted by molar-refractivity contribution is -0.141. The highest BCUT2D eigenvalue weighted by Gasteiger charge is 2.38. The van der Waals surface area contributed by atoms with Crippen molar-refractivity contribution in [2.45, 2.75) is 104 Å². The lowest BCUT2D eigenvalue weighted by Crippen LogP contribution is -2.33. The van der Waals surface area contributed by atoms with Gasteiger partial charge in [0.25, 0.3) is 0 Å². The van der Waals surface area contributed by atoms with Crippen LogP contribution in [0.3, 0.4) is 0 Å². The molecular formula is C28H46O4. The molecule has 4 heteroatoms. The van der Waals surface area contributed by atoms with Crippen molar-refractivity contribution in [2.75, 3.05) is 13.2 Å². The lowest BCUT2D eigenvalue weighted by atomic mass is 9.62. The molecule has 0 aliphatic heterocycles. The van der Waals surface area contributed by atoms with Gasteiger partial charge in [-0.05, 0) is 94.8 Å². The van der Waals surface area contributed by atoms with Crippen LogP contribution in [0, 0.1) is 23.2 Å². The first-order valence-corrected chi connectivity index (χ1v) is 12.9. The van der Waals surface area contributed by atoms with Crippen LogP contribution in [-0.4, -0.2) is 25.2 Å². The number of hydrogen-bond acceptors (Lipinski definition) is 4. The Bertz CT molecular complexity index is 634. The van der Waals surface area contributed by atoms with Gasteiger partial charge in [-0.1, -0.05) is 45.8 Å². The van der Waals surface area contributed by atoms with Gasteiger partial charge in [0.1, 0.15) is 0 Å². The maximum Gasteiger partial charge on any atom is 0.333 e. The van der Waals surface area contributed by atoms with Gasteiger partial charge in [-0.3, -0.25) is 0 Å². The lowest BCUT2D eigenvalue weighted by Gasteiger charge is -2.44. The van der Waals surface area contributed by atoms with E-state index < -0.39 is 0 Å². The molecule has 0 radical (unpaired) electrons. The van der Waals surface area contributed by atoms with Crippen molar-refractivity contribution in [3.8, 4) is 0 Å². The summed E-state index contributed by atoms with van der Waals surface area (Å²) >= 11 is 0. The maximum absolute atomic E-state index is 11.8. The normalized spacial score (nSPS) is 28.0. The molecule has 32 heavy (non-hydrogen) atoms. The van der Waals surface area contributed by atoms with Crippen LogP contribution in [0.5, 0.6) is 0 Å². The number of esters is 2. The molecule has 0 aromatic heterocycles. The molecule has 0 amide bonds. The fourth-order valence-corrected chi connectivity index (χ4v) is 5.92. The molecule has 2 aliphatic rings. The summed E-state index contributed by atoms with van der Waals surface area (Å²) in [6, 6.07) is 0. The Hall–Kier alpha value is -1.58. The van der Waals surface area contributed by atoms with Crippen molar-refractivity contribution in [1.29, 1.82) is 0 Å². The molecule has 0 spiro atoms. The Morgan fingerprint density at radius 3 is 1.88 bits per heavy atom. The van der Waals surface area contributed by atoms with Gasteiger partial charge in [-0.15, -0.1) is 0 Å². The third kappa shape index (κ3) is 8.41. The zero-order valence-corrected chi connectivity index (χ0v) is 20.9. The SMILES string of the molecule is C=C(C)C(=O)OCCCC1(CCOC(=O)C(=C)C)CCC(C2CCC(CCC)CC2)CC1. The summed E-state index contributed by atoms with van der Waals surface area (Å²) in [5.41, 5.74) is 1.08. The molecule has 182 valence electrons. The summed E-state index contributed by atoms with van der Waals surface area (Å²) in [6.45, 7) is 13.9. The van der Waals surface area contributed by atoms with E-state index in [4.69, 9.17) is 9.47 Å². The summed E-state index contributed by atoms with van der Waals surface area (Å²) in [5.74, 6) is 2.11. The number of carbonyl (C=O) groups excluding carboxylic acids is 2. The second kappa shape index (κ2) is 13.2. The highest BCUT2D eigenvalue weighted by atomic mass is 16.5. The molecule has 0 N–H and O–H groups in total. The summed E-state index contributed by atoms with van der Waals surface area (Å²) < 4.78 is 10.8. The molecule has 0 bridgehead atoms. The van der Waals surface area contributed by atoms with Gasteiger partial charge in [0.2, 0.25) is 0 Å². The quantitative estimate of drug-likeness (QED) is 0.181. The van der Waals surface area contributed by atoms with Gasteiger partial charge in [-0.2, -0.15) is 0 Å². The molecule has 0 heterocycles. The molecule has 2 saturated carbocycles. The van der Waals surface area contributed by atoms with Gasteiger partial charge in [0, 0.05) is 11.1 Å². The van der Waals surface area contributed by atoms with E-state index in [1.807, 2.05) is 0 Å². The smallest absolute Gasteiger partial charge is 0.333 e. The number of ether oxygens (including phenoxy) is 2. The number of hydrogen-bond donors (Lipinski definition) is 0. The Kier molecular flexibility index (Phi) is 11.0. The Morgan fingerprint density at radius 2 is 1.34 bits per heavy atom. The molecule has 2 fully saturated rings. The van der Waals surface area contributed by atoms with E-state index in [1.165, 1.54) is 64.2 Å². The predicted molar refractivity (Wildman–Crippen MR) is 130 cm³/mol. The molecule has 2 aliphatic carbocycles. The minimum atomic E-state index is -0.308. The predicted octanol–water partition coefficient (Wildman–Crippen LogP) is 7.18. The molecule has 0 aromatic rings. The van der Waals surface area contributed by atoms with Gasteiger partial charge in [0.05, 0.1) is 13.2 Å². The van der Waals surface area contributed by atoms with Crippen molar-refractivity contribution in [1.82, 2.24) is 0 Å². The van der Waals surface area contributed by atoms with Crippen LogP contribution >= 0.6 is 0 Å². The van der Waals surface area contributed by atoms with E-state index in [1.54, 1.807) is 13.8 Å². The summed E-state index contributed by atoms with van der Waals surface area (Å²) in [7, 11) is 0. The minimum Gasteiger partial charge on any atom is -0.462 e. The van der Waals surface area contributed by atoms with Crippen LogP contribution in [0.15, 0.2) is 24.3 Å². The van der Waals surface area contributed by atoms with Gasteiger partial charge < -0.3 is 9.47 Å². The summed E-state index contributed by atoms with van der Waals surface area (Å²) in [5, 5.41) is 0. The minimum absolute atomic E-state index is 0.181. The van der Waals surface area contributed by atoms with Crippen molar-refractivity contribution in [3.05, 3.63) is 24.3 Å². The first kappa shape index (κ1) is 26.7. The van der Waals surface area contributed by atoms with Crippen molar-refractivity contribution < 1.29 is 19.1 Å². The van der Waals surface area contributed by atoms with Gasteiger partial charge in [0.15, 0.2) is 0 Å². The molecule has 0 unspecified atom stereocenters. The fourth-order valence-electron chi connectivity index (χ4n) is 5.92. The second-order valence-corrected chi connectivity index (χ2v) is 10.6. The van der Waals surface area contributed by atoms with Crippen LogP contribution < -0.4 is 0 Å². The molecule has 0 saturated heterocycles. The first-order chi connectivity index (χ1) is 15.3. The van der Waals surface area contributed by atoms with Crippen LogP contribution in [0.2, 0.25) is 0 Å². The number of carbonyl (C=O) groups is 2. The van der Waals surface area contributed by atoms with Gasteiger partial charge in [-0.25, -0.2) is 9.59 Å². The van der Waals surface area contributed by atoms with E-state index >= 15 is 0 Å². The standard InChI is InChI=1S/C28H46O4/c1-6-8-23-9-11-24(12-10-23)25-13-16-28(17-14-25,18-20-32-27(30)22(4)5)15-7-19-31-26(29)21(2)3/h23-25H,2,4,6-20H2,1,3,5H3. The average molecular weight is 447 g/mol. The fraction of sp³-hybridized carbons (Fsp3) is 0.786. The monoisotopic (exact) mass is 446 g/mol. The third-order valence-electron chi connectivity index (χ3n) is 7.99. The zero-order chi connectivity index (χ0) is 23.6. The van der Waals surface area contributed by atoms with E-state index in [0.717, 1.165) is 37.0 Å². The maximum atomic E-state index is 11.8. The highest BCUT2D eigenvalue weighted by molar-refractivity contribution is 5.87. The molecule has 0 aromatic carbocycles. The average Bonchev–Trinajstić information content (AvgIpc) is 2.78. The van der Waals surface area contributed by atoms with Gasteiger partial charge >= 0.3 is 11.9 Å². The first-order valence-electron chi connectivity index (χ1n) is 12.9. The Balaban J connectivity index is 1.86. The van der Waals surface area contributed by atoms with E-state index in [0.29, 0.717) is 24.4 Å². The van der Waals surface area contributed by atoms with Crippen molar-refractivity contribution >= 4 is 11.9 Å². The van der Waals surface area contributed by atoms with E-state index in [-0.39, 0.29) is 17.4 Å². The van der Waals surface area contributed by atoms with Crippen LogP contribution in [0.4, 0.5) is 0 Å².